The van der Waals surface area contributed by atoms with Crippen molar-refractivity contribution in [3.8, 4) is 5.75 Å². The number of amides is 2. The molecule has 7 heteroatoms. The van der Waals surface area contributed by atoms with Crippen molar-refractivity contribution in [2.45, 2.75) is 20.1 Å². The highest BCUT2D eigenvalue weighted by molar-refractivity contribution is 6.30. The van der Waals surface area contributed by atoms with Gasteiger partial charge in [0.15, 0.2) is 0 Å². The van der Waals surface area contributed by atoms with Gasteiger partial charge in [0.2, 0.25) is 0 Å². The molecule has 0 fully saturated rings. The Kier molecular flexibility index (Phi) is 5.11. The molecule has 2 amide bonds. The van der Waals surface area contributed by atoms with Crippen LogP contribution in [-0.2, 0) is 13.2 Å². The number of carbonyl (C=O) groups is 1. The quantitative estimate of drug-likeness (QED) is 0.564. The van der Waals surface area contributed by atoms with E-state index in [2.05, 4.69) is 5.32 Å². The third kappa shape index (κ3) is 3.89. The van der Waals surface area contributed by atoms with E-state index >= 15 is 0 Å². The number of hydrogen-bond donors (Lipinski definition) is 1. The number of carbonyl (C=O) groups excluding carboxylic acids is 1. The molecule has 0 radical (unpaired) electrons. The molecule has 3 aromatic carbocycles. The molecule has 0 atom stereocenters. The molecule has 0 unspecified atom stereocenters. The summed E-state index contributed by atoms with van der Waals surface area (Å²) in [5.41, 5.74) is 3.10. The van der Waals surface area contributed by atoms with Crippen molar-refractivity contribution in [2.75, 3.05) is 10.2 Å². The van der Waals surface area contributed by atoms with Crippen LogP contribution in [-0.4, -0.2) is 6.03 Å². The van der Waals surface area contributed by atoms with Crippen LogP contribution in [0.15, 0.2) is 54.6 Å². The maximum atomic E-state index is 14.0. The minimum absolute atomic E-state index is 0.0160. The Hall–Kier alpha value is -3.12. The van der Waals surface area contributed by atoms with Gasteiger partial charge in [0.25, 0.3) is 0 Å². The maximum absolute atomic E-state index is 14.0. The van der Waals surface area contributed by atoms with Crippen molar-refractivity contribution in [3.05, 3.63) is 87.9 Å². The fourth-order valence-corrected chi connectivity index (χ4v) is 3.43. The van der Waals surface area contributed by atoms with Gasteiger partial charge < -0.3 is 10.1 Å². The number of rotatable bonds is 4. The topological polar surface area (TPSA) is 41.6 Å². The van der Waals surface area contributed by atoms with Crippen molar-refractivity contribution >= 4 is 29.0 Å². The van der Waals surface area contributed by atoms with Crippen LogP contribution in [0.2, 0.25) is 5.02 Å². The number of anilines is 2. The van der Waals surface area contributed by atoms with Crippen molar-refractivity contribution in [1.29, 1.82) is 0 Å². The molecule has 0 spiro atoms. The second kappa shape index (κ2) is 7.72. The number of benzene rings is 3. The smallest absolute Gasteiger partial charge is 0.326 e. The van der Waals surface area contributed by atoms with E-state index in [1.165, 1.54) is 0 Å². The molecular formula is C22H17ClF2N2O2. The summed E-state index contributed by atoms with van der Waals surface area (Å²) in [4.78, 5) is 14.2. The largest absolute Gasteiger partial charge is 0.489 e. The van der Waals surface area contributed by atoms with Crippen LogP contribution < -0.4 is 15.0 Å². The third-order valence-corrected chi connectivity index (χ3v) is 5.01. The zero-order valence-electron chi connectivity index (χ0n) is 15.5. The first-order chi connectivity index (χ1) is 13.9. The van der Waals surface area contributed by atoms with E-state index in [9.17, 15) is 13.6 Å². The number of ether oxygens (including phenoxy) is 1. The number of para-hydroxylation sites is 1. The first kappa shape index (κ1) is 19.2. The van der Waals surface area contributed by atoms with Gasteiger partial charge in [-0.25, -0.2) is 13.6 Å². The van der Waals surface area contributed by atoms with E-state index in [0.29, 0.717) is 18.0 Å². The lowest BCUT2D eigenvalue weighted by atomic mass is 10.1. The van der Waals surface area contributed by atoms with Crippen LogP contribution in [0.3, 0.4) is 0 Å². The fraction of sp³-hybridized carbons (Fsp3) is 0.136. The summed E-state index contributed by atoms with van der Waals surface area (Å²) in [5, 5.41) is 2.85. The maximum Gasteiger partial charge on any atom is 0.326 e. The van der Waals surface area contributed by atoms with Crippen LogP contribution in [0.25, 0.3) is 0 Å². The van der Waals surface area contributed by atoms with Crippen molar-refractivity contribution in [3.63, 3.8) is 0 Å². The number of aryl methyl sites for hydroxylation is 1. The molecular weight excluding hydrogens is 398 g/mol. The molecule has 148 valence electrons. The number of nitrogens with one attached hydrogen (secondary N) is 1. The first-order valence-corrected chi connectivity index (χ1v) is 9.33. The first-order valence-electron chi connectivity index (χ1n) is 8.95. The van der Waals surface area contributed by atoms with Gasteiger partial charge in [0.1, 0.15) is 24.0 Å². The minimum atomic E-state index is -0.769. The van der Waals surface area contributed by atoms with Crippen LogP contribution in [0.1, 0.15) is 16.7 Å². The molecule has 4 nitrogen and oxygen atoms in total. The predicted molar refractivity (Wildman–Crippen MR) is 109 cm³/mol. The lowest BCUT2D eigenvalue weighted by Gasteiger charge is -2.30. The van der Waals surface area contributed by atoms with Crippen molar-refractivity contribution in [2.24, 2.45) is 0 Å². The molecule has 0 saturated carbocycles. The Balaban J connectivity index is 1.58. The number of fused-ring (bicyclic) bond motifs is 1. The third-order valence-electron chi connectivity index (χ3n) is 4.79. The van der Waals surface area contributed by atoms with Crippen LogP contribution in [0.5, 0.6) is 5.75 Å². The minimum Gasteiger partial charge on any atom is -0.489 e. The molecule has 1 aliphatic rings. The Morgan fingerprint density at radius 3 is 2.59 bits per heavy atom. The highest BCUT2D eigenvalue weighted by atomic mass is 35.5. The zero-order chi connectivity index (χ0) is 20.5. The van der Waals surface area contributed by atoms with Gasteiger partial charge >= 0.3 is 6.03 Å². The molecule has 4 rings (SSSR count). The number of nitrogens with zero attached hydrogens (tertiary/aromatic N) is 1. The number of halogens is 3. The van der Waals surface area contributed by atoms with Gasteiger partial charge in [-0.15, -0.1) is 0 Å². The number of hydrogen-bond acceptors (Lipinski definition) is 2. The highest BCUT2D eigenvalue weighted by Crippen LogP contribution is 2.32. The zero-order valence-corrected chi connectivity index (χ0v) is 16.3. The monoisotopic (exact) mass is 414 g/mol. The van der Waals surface area contributed by atoms with Gasteiger partial charge in [-0.1, -0.05) is 35.9 Å². The second-order valence-electron chi connectivity index (χ2n) is 6.76. The van der Waals surface area contributed by atoms with Crippen LogP contribution >= 0.6 is 11.6 Å². The van der Waals surface area contributed by atoms with E-state index in [4.69, 9.17) is 16.3 Å². The van der Waals surface area contributed by atoms with E-state index < -0.39 is 11.6 Å². The summed E-state index contributed by atoms with van der Waals surface area (Å²) >= 11 is 5.65. The highest BCUT2D eigenvalue weighted by Gasteiger charge is 2.25. The summed E-state index contributed by atoms with van der Waals surface area (Å²) in [6.07, 6.45) is 0. The lowest BCUT2D eigenvalue weighted by Crippen LogP contribution is -2.39. The average Bonchev–Trinajstić information content (AvgIpc) is 2.68. The predicted octanol–water partition coefficient (Wildman–Crippen LogP) is 6.06. The van der Waals surface area contributed by atoms with Gasteiger partial charge in [0, 0.05) is 16.8 Å². The fourth-order valence-electron chi connectivity index (χ4n) is 3.23. The molecule has 29 heavy (non-hydrogen) atoms. The molecule has 1 N–H and O–H groups in total. The second-order valence-corrected chi connectivity index (χ2v) is 7.19. The molecule has 1 aliphatic heterocycles. The van der Waals surface area contributed by atoms with E-state index in [1.807, 2.05) is 31.2 Å². The molecule has 0 aromatic heterocycles. The van der Waals surface area contributed by atoms with Crippen molar-refractivity contribution < 1.29 is 18.3 Å². The Labute approximate surface area is 171 Å². The standard InChI is InChI=1S/C22H17ClF2N2O2/c1-13-6-7-16(29-12-17-18(24)8-15(23)9-19(17)25)10-21(13)27-11-14-4-2-3-5-20(14)26-22(27)28/h2-10H,11-12H2,1H3,(H,26,28). The molecule has 0 bridgehead atoms. The normalized spacial score (nSPS) is 13.1. The summed E-state index contributed by atoms with van der Waals surface area (Å²) in [5.74, 6) is -1.14. The van der Waals surface area contributed by atoms with Gasteiger partial charge in [-0.3, -0.25) is 4.90 Å². The summed E-state index contributed by atoms with van der Waals surface area (Å²) in [6.45, 7) is 1.99. The Bertz CT molecular complexity index is 1080. The van der Waals surface area contributed by atoms with E-state index in [0.717, 1.165) is 28.9 Å². The summed E-state index contributed by atoms with van der Waals surface area (Å²) < 4.78 is 33.6. The number of urea groups is 1. The van der Waals surface area contributed by atoms with Gasteiger partial charge in [0.05, 0.1) is 17.8 Å². The Morgan fingerprint density at radius 1 is 1.10 bits per heavy atom. The van der Waals surface area contributed by atoms with E-state index in [1.54, 1.807) is 23.1 Å². The summed E-state index contributed by atoms with van der Waals surface area (Å²) in [6, 6.07) is 14.6. The van der Waals surface area contributed by atoms with Crippen molar-refractivity contribution in [1.82, 2.24) is 0 Å². The average molecular weight is 415 g/mol. The lowest BCUT2D eigenvalue weighted by molar-refractivity contribution is 0.256. The molecule has 3 aromatic rings. The Morgan fingerprint density at radius 2 is 1.83 bits per heavy atom. The molecule has 0 saturated heterocycles. The van der Waals surface area contributed by atoms with Crippen LogP contribution in [0.4, 0.5) is 25.0 Å². The van der Waals surface area contributed by atoms with Gasteiger partial charge in [-0.05, 0) is 42.3 Å². The SMILES string of the molecule is Cc1ccc(OCc2c(F)cc(Cl)cc2F)cc1N1Cc2ccccc2NC1=O. The van der Waals surface area contributed by atoms with Crippen LogP contribution in [0, 0.1) is 18.6 Å². The molecule has 0 aliphatic carbocycles. The van der Waals surface area contributed by atoms with Gasteiger partial charge in [-0.2, -0.15) is 0 Å². The van der Waals surface area contributed by atoms with E-state index in [-0.39, 0.29) is 23.2 Å². The molecule has 1 heterocycles. The summed E-state index contributed by atoms with van der Waals surface area (Å²) in [7, 11) is 0.